The maximum atomic E-state index is 10.9. The van der Waals surface area contributed by atoms with E-state index in [1.54, 1.807) is 12.3 Å². The first kappa shape index (κ1) is 10.5. The van der Waals surface area contributed by atoms with Gasteiger partial charge in [0, 0.05) is 6.20 Å². The van der Waals surface area contributed by atoms with Gasteiger partial charge in [-0.3, -0.25) is 9.78 Å². The van der Waals surface area contributed by atoms with Crippen molar-refractivity contribution in [1.29, 1.82) is 0 Å². The lowest BCUT2D eigenvalue weighted by molar-refractivity contribution is -0.139. The molecule has 0 bridgehead atoms. The number of esters is 1. The monoisotopic (exact) mass is 263 g/mol. The minimum absolute atomic E-state index is 0.142. The van der Waals surface area contributed by atoms with Crippen LogP contribution in [0.4, 0.5) is 0 Å². The predicted octanol–water partition coefficient (Wildman–Crippen LogP) is 2.21. The number of hydrogen-bond donors (Lipinski definition) is 0. The minimum Gasteiger partial charge on any atom is -0.469 e. The van der Waals surface area contributed by atoms with Gasteiger partial charge in [0.1, 0.15) is 0 Å². The summed E-state index contributed by atoms with van der Waals surface area (Å²) in [7, 11) is 1.34. The van der Waals surface area contributed by atoms with E-state index in [-0.39, 0.29) is 12.4 Å². The van der Waals surface area contributed by atoms with E-state index in [0.29, 0.717) is 15.2 Å². The van der Waals surface area contributed by atoms with Crippen LogP contribution in [0.3, 0.4) is 0 Å². The lowest BCUT2D eigenvalue weighted by Gasteiger charge is -2.00. The van der Waals surface area contributed by atoms with Crippen LogP contribution >= 0.6 is 27.5 Å². The third-order valence-electron chi connectivity index (χ3n) is 1.42. The zero-order valence-electron chi connectivity index (χ0n) is 6.88. The molecule has 0 aliphatic heterocycles. The molecular formula is C8H7BrClNO2. The maximum Gasteiger partial charge on any atom is 0.311 e. The second-order valence-electron chi connectivity index (χ2n) is 2.34. The third-order valence-corrected chi connectivity index (χ3v) is 2.59. The van der Waals surface area contributed by atoms with Gasteiger partial charge in [-0.1, -0.05) is 11.6 Å². The van der Waals surface area contributed by atoms with Gasteiger partial charge < -0.3 is 4.74 Å². The molecule has 13 heavy (non-hydrogen) atoms. The van der Waals surface area contributed by atoms with E-state index in [9.17, 15) is 4.79 Å². The lowest BCUT2D eigenvalue weighted by atomic mass is 10.3. The van der Waals surface area contributed by atoms with Crippen molar-refractivity contribution < 1.29 is 9.53 Å². The molecule has 0 aliphatic rings. The molecule has 0 unspecified atom stereocenters. The van der Waals surface area contributed by atoms with E-state index in [0.717, 1.165) is 0 Å². The first-order chi connectivity index (χ1) is 6.13. The van der Waals surface area contributed by atoms with Gasteiger partial charge in [0.2, 0.25) is 0 Å². The number of pyridine rings is 1. The van der Waals surface area contributed by atoms with Crippen LogP contribution in [0.5, 0.6) is 0 Å². The van der Waals surface area contributed by atoms with Gasteiger partial charge in [0.15, 0.2) is 0 Å². The summed E-state index contributed by atoms with van der Waals surface area (Å²) < 4.78 is 5.20. The molecular weight excluding hydrogens is 257 g/mol. The molecule has 3 nitrogen and oxygen atoms in total. The average molecular weight is 265 g/mol. The smallest absolute Gasteiger partial charge is 0.311 e. The predicted molar refractivity (Wildman–Crippen MR) is 52.7 cm³/mol. The molecule has 1 aromatic rings. The van der Waals surface area contributed by atoms with Crippen LogP contribution in [0.1, 0.15) is 5.69 Å². The Bertz CT molecular complexity index is 330. The summed E-state index contributed by atoms with van der Waals surface area (Å²) in [6.45, 7) is 0. The summed E-state index contributed by atoms with van der Waals surface area (Å²) in [6.07, 6.45) is 1.70. The van der Waals surface area contributed by atoms with Crippen molar-refractivity contribution in [3.05, 3.63) is 27.5 Å². The Hall–Kier alpha value is -0.610. The van der Waals surface area contributed by atoms with Gasteiger partial charge in [-0.25, -0.2) is 0 Å². The lowest BCUT2D eigenvalue weighted by Crippen LogP contribution is -2.05. The van der Waals surface area contributed by atoms with Gasteiger partial charge >= 0.3 is 5.97 Å². The number of rotatable bonds is 2. The van der Waals surface area contributed by atoms with Gasteiger partial charge in [-0.05, 0) is 22.0 Å². The number of halogens is 2. The fourth-order valence-corrected chi connectivity index (χ4v) is 1.16. The summed E-state index contributed by atoms with van der Waals surface area (Å²) in [6, 6.07) is 1.63. The molecule has 0 aliphatic carbocycles. The fourth-order valence-electron chi connectivity index (χ4n) is 0.770. The number of carbonyl (C=O) groups excluding carboxylic acids is 1. The SMILES string of the molecule is COC(=O)Cc1cc(Cl)c(Br)cn1. The first-order valence-corrected chi connectivity index (χ1v) is 4.67. The van der Waals surface area contributed by atoms with Gasteiger partial charge in [-0.2, -0.15) is 0 Å². The van der Waals surface area contributed by atoms with Crippen LogP contribution in [-0.2, 0) is 16.0 Å². The molecule has 1 heterocycles. The molecule has 0 saturated heterocycles. The molecule has 0 fully saturated rings. The Kier molecular flexibility index (Phi) is 3.69. The normalized spacial score (nSPS) is 9.77. The van der Waals surface area contributed by atoms with E-state index in [4.69, 9.17) is 11.6 Å². The molecule has 0 spiro atoms. The van der Waals surface area contributed by atoms with E-state index in [2.05, 4.69) is 25.7 Å². The highest BCUT2D eigenvalue weighted by Crippen LogP contribution is 2.21. The number of methoxy groups -OCH3 is 1. The number of aromatic nitrogens is 1. The third kappa shape index (κ3) is 2.97. The summed E-state index contributed by atoms with van der Waals surface area (Å²) in [5, 5.41) is 0.536. The Morgan fingerprint density at radius 1 is 1.77 bits per heavy atom. The number of ether oxygens (including phenoxy) is 1. The molecule has 70 valence electrons. The van der Waals surface area contributed by atoms with Crippen molar-refractivity contribution in [3.63, 3.8) is 0 Å². The molecule has 0 atom stereocenters. The van der Waals surface area contributed by atoms with Crippen molar-refractivity contribution in [1.82, 2.24) is 4.98 Å². The van der Waals surface area contributed by atoms with Crippen LogP contribution in [0.15, 0.2) is 16.7 Å². The summed E-state index contributed by atoms with van der Waals surface area (Å²) in [4.78, 5) is 14.9. The minimum atomic E-state index is -0.328. The van der Waals surface area contributed by atoms with E-state index < -0.39 is 0 Å². The quantitative estimate of drug-likeness (QED) is 0.769. The average Bonchev–Trinajstić information content (AvgIpc) is 2.11. The summed E-state index contributed by atoms with van der Waals surface area (Å²) >= 11 is 9.00. The van der Waals surface area contributed by atoms with Crippen molar-refractivity contribution >= 4 is 33.5 Å². The molecule has 0 amide bonds. The van der Waals surface area contributed by atoms with Crippen molar-refractivity contribution in [3.8, 4) is 0 Å². The molecule has 5 heteroatoms. The number of nitrogens with zero attached hydrogens (tertiary/aromatic N) is 1. The highest BCUT2D eigenvalue weighted by atomic mass is 79.9. The molecule has 0 N–H and O–H groups in total. The summed E-state index contributed by atoms with van der Waals surface area (Å²) in [5.41, 5.74) is 0.597. The van der Waals surface area contributed by atoms with Crippen molar-refractivity contribution in [2.24, 2.45) is 0 Å². The van der Waals surface area contributed by atoms with Crippen molar-refractivity contribution in [2.75, 3.05) is 7.11 Å². The van der Waals surface area contributed by atoms with Crippen LogP contribution < -0.4 is 0 Å². The van der Waals surface area contributed by atoms with Crippen LogP contribution in [0, 0.1) is 0 Å². The highest BCUT2D eigenvalue weighted by molar-refractivity contribution is 9.10. The van der Waals surface area contributed by atoms with E-state index in [1.807, 2.05) is 0 Å². The van der Waals surface area contributed by atoms with Crippen LogP contribution in [0.25, 0.3) is 0 Å². The topological polar surface area (TPSA) is 39.2 Å². The van der Waals surface area contributed by atoms with Crippen molar-refractivity contribution in [2.45, 2.75) is 6.42 Å². The largest absolute Gasteiger partial charge is 0.469 e. The molecule has 0 aromatic carbocycles. The Balaban J connectivity index is 2.79. The van der Waals surface area contributed by atoms with Gasteiger partial charge in [-0.15, -0.1) is 0 Å². The summed E-state index contributed by atoms with van der Waals surface area (Å²) in [5.74, 6) is -0.328. The molecule has 0 saturated carbocycles. The highest BCUT2D eigenvalue weighted by Gasteiger charge is 2.05. The number of hydrogen-bond acceptors (Lipinski definition) is 3. The second kappa shape index (κ2) is 4.58. The Morgan fingerprint density at radius 3 is 3.00 bits per heavy atom. The molecule has 1 rings (SSSR count). The molecule has 0 radical (unpaired) electrons. The van der Waals surface area contributed by atoms with E-state index >= 15 is 0 Å². The Morgan fingerprint density at radius 2 is 2.46 bits per heavy atom. The van der Waals surface area contributed by atoms with Gasteiger partial charge in [0.05, 0.1) is 28.7 Å². The first-order valence-electron chi connectivity index (χ1n) is 3.50. The molecule has 1 aromatic heterocycles. The Labute approximate surface area is 89.2 Å². The van der Waals surface area contributed by atoms with Crippen LogP contribution in [-0.4, -0.2) is 18.1 Å². The standard InChI is InChI=1S/C8H7BrClNO2/c1-13-8(12)3-5-2-7(10)6(9)4-11-5/h2,4H,3H2,1H3. The second-order valence-corrected chi connectivity index (χ2v) is 3.60. The van der Waals surface area contributed by atoms with E-state index in [1.165, 1.54) is 7.11 Å². The maximum absolute atomic E-state index is 10.9. The zero-order chi connectivity index (χ0) is 9.84. The van der Waals surface area contributed by atoms with Gasteiger partial charge in [0.25, 0.3) is 0 Å². The zero-order valence-corrected chi connectivity index (χ0v) is 9.22. The van der Waals surface area contributed by atoms with Crippen LogP contribution in [0.2, 0.25) is 5.02 Å². The fraction of sp³-hybridized carbons (Fsp3) is 0.250. The number of carbonyl (C=O) groups is 1.